The van der Waals surface area contributed by atoms with Crippen molar-refractivity contribution in [1.29, 1.82) is 0 Å². The van der Waals surface area contributed by atoms with Gasteiger partial charge < -0.3 is 5.11 Å². The normalized spacial score (nSPS) is 11.9. The van der Waals surface area contributed by atoms with E-state index in [2.05, 4.69) is 9.71 Å². The number of aromatic nitrogens is 1. The van der Waals surface area contributed by atoms with Crippen LogP contribution in [0.25, 0.3) is 11.3 Å². The Morgan fingerprint density at radius 3 is 2.44 bits per heavy atom. The second kappa shape index (κ2) is 8.58. The summed E-state index contributed by atoms with van der Waals surface area (Å²) >= 11 is 0. The van der Waals surface area contributed by atoms with Gasteiger partial charge in [0.05, 0.1) is 21.7 Å². The van der Waals surface area contributed by atoms with Gasteiger partial charge in [-0.2, -0.15) is 13.2 Å². The van der Waals surface area contributed by atoms with E-state index in [1.807, 2.05) is 0 Å². The van der Waals surface area contributed by atoms with Gasteiger partial charge in [-0.1, -0.05) is 13.0 Å². The zero-order valence-corrected chi connectivity index (χ0v) is 17.3. The maximum atomic E-state index is 14.3. The molecule has 1 heterocycles. The average molecular weight is 468 g/mol. The highest BCUT2D eigenvalue weighted by atomic mass is 32.2. The molecule has 11 heteroatoms. The Balaban J connectivity index is 2.20. The summed E-state index contributed by atoms with van der Waals surface area (Å²) in [6, 6.07) is 7.89. The van der Waals surface area contributed by atoms with Gasteiger partial charge in [0.25, 0.3) is 10.0 Å². The third kappa shape index (κ3) is 4.72. The highest BCUT2D eigenvalue weighted by molar-refractivity contribution is 7.92. The number of aryl methyl sites for hydroxylation is 1. The van der Waals surface area contributed by atoms with Gasteiger partial charge in [-0.3, -0.25) is 9.71 Å². The van der Waals surface area contributed by atoms with Crippen molar-refractivity contribution >= 4 is 21.7 Å². The van der Waals surface area contributed by atoms with Crippen LogP contribution in [-0.4, -0.2) is 24.5 Å². The molecular formula is C21H16F4N2O4S. The molecule has 32 heavy (non-hydrogen) atoms. The molecule has 0 aliphatic carbocycles. The lowest BCUT2D eigenvalue weighted by atomic mass is 10.1. The van der Waals surface area contributed by atoms with Crippen molar-refractivity contribution in [3.63, 3.8) is 0 Å². The highest BCUT2D eigenvalue weighted by Gasteiger charge is 2.32. The molecule has 6 nitrogen and oxygen atoms in total. The fourth-order valence-electron chi connectivity index (χ4n) is 3.02. The minimum atomic E-state index is -4.79. The lowest BCUT2D eigenvalue weighted by Crippen LogP contribution is -2.17. The van der Waals surface area contributed by atoms with E-state index in [9.17, 15) is 35.9 Å². The Labute approximate surface area is 180 Å². The summed E-state index contributed by atoms with van der Waals surface area (Å²) in [6.07, 6.45) is -3.38. The molecule has 0 bridgehead atoms. The van der Waals surface area contributed by atoms with Crippen molar-refractivity contribution in [2.24, 2.45) is 0 Å². The molecule has 2 N–H and O–H groups in total. The fraction of sp³-hybridized carbons (Fsp3) is 0.143. The molecule has 0 radical (unpaired) electrons. The van der Waals surface area contributed by atoms with Gasteiger partial charge in [0, 0.05) is 11.8 Å². The minimum absolute atomic E-state index is 0.209. The predicted octanol–water partition coefficient (Wildman–Crippen LogP) is 4.97. The van der Waals surface area contributed by atoms with E-state index >= 15 is 0 Å². The molecule has 0 fully saturated rings. The van der Waals surface area contributed by atoms with Crippen LogP contribution >= 0.6 is 0 Å². The molecular weight excluding hydrogens is 452 g/mol. The van der Waals surface area contributed by atoms with Crippen LogP contribution in [0.15, 0.2) is 59.6 Å². The van der Waals surface area contributed by atoms with E-state index in [0.29, 0.717) is 12.1 Å². The largest absolute Gasteiger partial charge is 0.478 e. The van der Waals surface area contributed by atoms with E-state index in [1.54, 1.807) is 6.92 Å². The SMILES string of the molecule is CCc1ccc(C(=O)O)cc1S(=O)(=O)Nc1cc(C(F)(F)F)ccc1-c1ncccc1F. The summed E-state index contributed by atoms with van der Waals surface area (Å²) < 4.78 is 82.3. The number of alkyl halides is 3. The lowest BCUT2D eigenvalue weighted by Gasteiger charge is -2.17. The Morgan fingerprint density at radius 2 is 1.84 bits per heavy atom. The molecule has 0 unspecified atom stereocenters. The second-order valence-electron chi connectivity index (χ2n) is 6.68. The molecule has 168 valence electrons. The summed E-state index contributed by atoms with van der Waals surface area (Å²) in [7, 11) is -4.55. The molecule has 0 spiro atoms. The number of halogens is 4. The number of pyridine rings is 1. The molecule has 2 aromatic carbocycles. The van der Waals surface area contributed by atoms with Gasteiger partial charge in [-0.25, -0.2) is 17.6 Å². The van der Waals surface area contributed by atoms with E-state index in [-0.39, 0.29) is 28.8 Å². The quantitative estimate of drug-likeness (QED) is 0.498. The number of carboxylic acid groups (broad SMARTS) is 1. The van der Waals surface area contributed by atoms with Gasteiger partial charge in [0.1, 0.15) is 11.5 Å². The standard InChI is InChI=1S/C21H16F4N2O4S/c1-2-12-5-6-13(20(28)29)10-18(12)32(30,31)27-17-11-14(21(23,24)25)7-8-15(17)19-16(22)4-3-9-26-19/h3-11,27H,2H2,1H3,(H,28,29). The lowest BCUT2D eigenvalue weighted by molar-refractivity contribution is -0.137. The molecule has 3 rings (SSSR count). The van der Waals surface area contributed by atoms with Gasteiger partial charge in [0.15, 0.2) is 0 Å². The number of rotatable bonds is 6. The van der Waals surface area contributed by atoms with E-state index in [0.717, 1.165) is 18.2 Å². The number of nitrogens with one attached hydrogen (secondary N) is 1. The molecule has 0 aliphatic heterocycles. The highest BCUT2D eigenvalue weighted by Crippen LogP contribution is 2.37. The number of anilines is 1. The first-order valence-electron chi connectivity index (χ1n) is 9.15. The number of hydrogen-bond donors (Lipinski definition) is 2. The van der Waals surface area contributed by atoms with Crippen LogP contribution in [0, 0.1) is 5.82 Å². The van der Waals surface area contributed by atoms with Crippen LogP contribution < -0.4 is 4.72 Å². The van der Waals surface area contributed by atoms with Crippen LogP contribution in [0.1, 0.15) is 28.4 Å². The van der Waals surface area contributed by atoms with E-state index < -0.39 is 44.1 Å². The smallest absolute Gasteiger partial charge is 0.416 e. The third-order valence-corrected chi connectivity index (χ3v) is 6.04. The zero-order valence-electron chi connectivity index (χ0n) is 16.4. The fourth-order valence-corrected chi connectivity index (χ4v) is 4.43. The van der Waals surface area contributed by atoms with Crippen LogP contribution in [0.2, 0.25) is 0 Å². The summed E-state index contributed by atoms with van der Waals surface area (Å²) in [6.45, 7) is 1.63. The van der Waals surface area contributed by atoms with Gasteiger partial charge >= 0.3 is 12.1 Å². The first-order chi connectivity index (χ1) is 14.9. The number of carboxylic acids is 1. The summed E-state index contributed by atoms with van der Waals surface area (Å²) in [5, 5.41) is 9.19. The number of hydrogen-bond acceptors (Lipinski definition) is 4. The maximum Gasteiger partial charge on any atom is 0.416 e. The first kappa shape index (κ1) is 23.2. The number of aromatic carboxylic acids is 1. The molecule has 1 aromatic heterocycles. The third-order valence-electron chi connectivity index (χ3n) is 4.59. The van der Waals surface area contributed by atoms with Crippen molar-refractivity contribution in [2.75, 3.05) is 4.72 Å². The van der Waals surface area contributed by atoms with Crippen molar-refractivity contribution in [1.82, 2.24) is 4.98 Å². The molecule has 0 atom stereocenters. The van der Waals surface area contributed by atoms with Crippen molar-refractivity contribution in [2.45, 2.75) is 24.4 Å². The zero-order chi connectivity index (χ0) is 23.7. The molecule has 0 aliphatic rings. The summed E-state index contributed by atoms with van der Waals surface area (Å²) in [5.41, 5.74) is -2.35. The molecule has 0 amide bonds. The average Bonchev–Trinajstić information content (AvgIpc) is 2.73. The molecule has 3 aromatic rings. The van der Waals surface area contributed by atoms with Crippen molar-refractivity contribution in [3.05, 3.63) is 77.2 Å². The van der Waals surface area contributed by atoms with Gasteiger partial charge in [-0.05, 0) is 54.4 Å². The van der Waals surface area contributed by atoms with Crippen molar-refractivity contribution < 1.29 is 35.9 Å². The van der Waals surface area contributed by atoms with Gasteiger partial charge in [-0.15, -0.1) is 0 Å². The topological polar surface area (TPSA) is 96.4 Å². The number of sulfonamides is 1. The summed E-state index contributed by atoms with van der Waals surface area (Å²) in [5.74, 6) is -2.24. The monoisotopic (exact) mass is 468 g/mol. The van der Waals surface area contributed by atoms with Crippen LogP contribution in [0.5, 0.6) is 0 Å². The Kier molecular flexibility index (Phi) is 6.22. The molecule has 0 saturated heterocycles. The number of carbonyl (C=O) groups is 1. The van der Waals surface area contributed by atoms with Crippen LogP contribution in [0.3, 0.4) is 0 Å². The van der Waals surface area contributed by atoms with Crippen LogP contribution in [0.4, 0.5) is 23.2 Å². The van der Waals surface area contributed by atoms with E-state index in [1.165, 1.54) is 24.4 Å². The number of nitrogens with zero attached hydrogens (tertiary/aromatic N) is 1. The second-order valence-corrected chi connectivity index (χ2v) is 8.33. The van der Waals surface area contributed by atoms with Crippen LogP contribution in [-0.2, 0) is 22.6 Å². The first-order valence-corrected chi connectivity index (χ1v) is 10.6. The van der Waals surface area contributed by atoms with Gasteiger partial charge in [0.2, 0.25) is 0 Å². The predicted molar refractivity (Wildman–Crippen MR) is 108 cm³/mol. The Bertz CT molecular complexity index is 1290. The maximum absolute atomic E-state index is 14.3. The summed E-state index contributed by atoms with van der Waals surface area (Å²) in [4.78, 5) is 14.7. The molecule has 0 saturated carbocycles. The minimum Gasteiger partial charge on any atom is -0.478 e. The van der Waals surface area contributed by atoms with E-state index in [4.69, 9.17) is 0 Å². The Hall–Kier alpha value is -3.47. The van der Waals surface area contributed by atoms with Crippen molar-refractivity contribution in [3.8, 4) is 11.3 Å². The number of benzene rings is 2. The Morgan fingerprint density at radius 1 is 1.12 bits per heavy atom.